The minimum Gasteiger partial charge on any atom is -0.368 e. The van der Waals surface area contributed by atoms with Gasteiger partial charge in [0, 0.05) is 49.5 Å². The van der Waals surface area contributed by atoms with E-state index in [1.54, 1.807) is 6.92 Å². The molecule has 0 bridgehead atoms. The summed E-state index contributed by atoms with van der Waals surface area (Å²) < 4.78 is 1.94. The van der Waals surface area contributed by atoms with Crippen molar-refractivity contribution in [2.24, 2.45) is 0 Å². The number of benzene rings is 2. The van der Waals surface area contributed by atoms with Gasteiger partial charge in [-0.1, -0.05) is 12.1 Å². The Balaban J connectivity index is 1.27. The fourth-order valence-corrected chi connectivity index (χ4v) is 4.22. The van der Waals surface area contributed by atoms with Crippen molar-refractivity contribution in [3.8, 4) is 5.69 Å². The maximum absolute atomic E-state index is 12.7. The van der Waals surface area contributed by atoms with Crippen LogP contribution >= 0.6 is 0 Å². The Hall–Kier alpha value is -3.41. The van der Waals surface area contributed by atoms with Crippen molar-refractivity contribution in [3.05, 3.63) is 77.1 Å². The van der Waals surface area contributed by atoms with Gasteiger partial charge >= 0.3 is 0 Å². The van der Waals surface area contributed by atoms with Crippen molar-refractivity contribution in [2.45, 2.75) is 33.6 Å². The molecule has 1 fully saturated rings. The van der Waals surface area contributed by atoms with E-state index in [4.69, 9.17) is 0 Å². The van der Waals surface area contributed by atoms with Gasteiger partial charge in [0.05, 0.1) is 11.4 Å². The van der Waals surface area contributed by atoms with Crippen molar-refractivity contribution < 1.29 is 9.59 Å². The molecule has 0 saturated carbocycles. The first kappa shape index (κ1) is 21.8. The second-order valence-electron chi connectivity index (χ2n) is 8.48. The molecule has 166 valence electrons. The van der Waals surface area contributed by atoms with E-state index in [2.05, 4.69) is 40.3 Å². The second kappa shape index (κ2) is 9.39. The molecule has 0 aliphatic carbocycles. The van der Waals surface area contributed by atoms with Crippen LogP contribution in [-0.2, 0) is 11.2 Å². The number of piperazine rings is 1. The van der Waals surface area contributed by atoms with Gasteiger partial charge in [0.15, 0.2) is 5.78 Å². The second-order valence-corrected chi connectivity index (χ2v) is 8.48. The Kier molecular flexibility index (Phi) is 6.40. The lowest BCUT2D eigenvalue weighted by molar-refractivity contribution is -0.131. The Bertz CT molecular complexity index is 1090. The number of aromatic nitrogens is 2. The van der Waals surface area contributed by atoms with Crippen LogP contribution in [0.1, 0.15) is 40.7 Å². The normalized spacial score (nSPS) is 14.0. The molecule has 1 aliphatic heterocycles. The molecule has 4 rings (SSSR count). The molecular formula is C26H30N4O2. The molecule has 32 heavy (non-hydrogen) atoms. The smallest absolute Gasteiger partial charge is 0.223 e. The van der Waals surface area contributed by atoms with E-state index < -0.39 is 0 Å². The van der Waals surface area contributed by atoms with Gasteiger partial charge in [0.25, 0.3) is 0 Å². The van der Waals surface area contributed by atoms with Crippen LogP contribution in [0.2, 0.25) is 0 Å². The van der Waals surface area contributed by atoms with Crippen LogP contribution in [0, 0.1) is 13.8 Å². The Morgan fingerprint density at radius 2 is 1.50 bits per heavy atom. The molecule has 0 N–H and O–H groups in total. The topological polar surface area (TPSA) is 58.4 Å². The number of anilines is 1. The molecule has 0 unspecified atom stereocenters. The Labute approximate surface area is 189 Å². The molecule has 1 saturated heterocycles. The van der Waals surface area contributed by atoms with E-state index in [0.717, 1.165) is 66.5 Å². The average Bonchev–Trinajstić information content (AvgIpc) is 3.15. The van der Waals surface area contributed by atoms with Gasteiger partial charge in [0.1, 0.15) is 0 Å². The standard InChI is InChI=1S/C26H30N4O2/c1-19-18-20(2)30(27-19)25-9-4-22(5-10-25)6-13-26(32)29-16-14-28(15-17-29)24-11-7-23(8-12-24)21(3)31/h4-5,7-12,18H,6,13-17H2,1-3H3. The first-order valence-corrected chi connectivity index (χ1v) is 11.2. The molecule has 0 radical (unpaired) electrons. The summed E-state index contributed by atoms with van der Waals surface area (Å²) in [6.07, 6.45) is 1.26. The third-order valence-electron chi connectivity index (χ3n) is 6.09. The largest absolute Gasteiger partial charge is 0.368 e. The van der Waals surface area contributed by atoms with E-state index in [0.29, 0.717) is 6.42 Å². The molecule has 1 aromatic heterocycles. The van der Waals surface area contributed by atoms with Crippen molar-refractivity contribution in [1.82, 2.24) is 14.7 Å². The SMILES string of the molecule is CC(=O)c1ccc(N2CCN(C(=O)CCc3ccc(-n4nc(C)cc4C)cc3)CC2)cc1. The maximum Gasteiger partial charge on any atom is 0.223 e. The Morgan fingerprint density at radius 1 is 0.875 bits per heavy atom. The van der Waals surface area contributed by atoms with Gasteiger partial charge in [-0.25, -0.2) is 4.68 Å². The van der Waals surface area contributed by atoms with Gasteiger partial charge in [-0.2, -0.15) is 5.10 Å². The zero-order valence-electron chi connectivity index (χ0n) is 19.0. The van der Waals surface area contributed by atoms with E-state index in [1.165, 1.54) is 0 Å². The minimum atomic E-state index is 0.0770. The van der Waals surface area contributed by atoms with Gasteiger partial charge in [-0.05, 0) is 75.2 Å². The number of carbonyl (C=O) groups is 2. The van der Waals surface area contributed by atoms with E-state index in [-0.39, 0.29) is 11.7 Å². The summed E-state index contributed by atoms with van der Waals surface area (Å²) in [6, 6.07) is 18.1. The quantitative estimate of drug-likeness (QED) is 0.555. The van der Waals surface area contributed by atoms with Crippen molar-refractivity contribution in [2.75, 3.05) is 31.1 Å². The van der Waals surface area contributed by atoms with Crippen LogP contribution in [0.15, 0.2) is 54.6 Å². The fourth-order valence-electron chi connectivity index (χ4n) is 4.22. The third-order valence-corrected chi connectivity index (χ3v) is 6.09. The molecule has 6 heteroatoms. The summed E-state index contributed by atoms with van der Waals surface area (Å²) in [5, 5.41) is 4.52. The molecule has 2 heterocycles. The highest BCUT2D eigenvalue weighted by atomic mass is 16.2. The van der Waals surface area contributed by atoms with Gasteiger partial charge in [0.2, 0.25) is 5.91 Å². The fraction of sp³-hybridized carbons (Fsp3) is 0.346. The lowest BCUT2D eigenvalue weighted by Gasteiger charge is -2.36. The van der Waals surface area contributed by atoms with Gasteiger partial charge < -0.3 is 9.80 Å². The van der Waals surface area contributed by atoms with E-state index in [9.17, 15) is 9.59 Å². The summed E-state index contributed by atoms with van der Waals surface area (Å²) >= 11 is 0. The number of ketones is 1. The first-order valence-electron chi connectivity index (χ1n) is 11.2. The molecule has 6 nitrogen and oxygen atoms in total. The summed E-state index contributed by atoms with van der Waals surface area (Å²) in [5.74, 6) is 0.285. The van der Waals surface area contributed by atoms with Crippen molar-refractivity contribution in [1.29, 1.82) is 0 Å². The number of carbonyl (C=O) groups excluding carboxylic acids is 2. The highest BCUT2D eigenvalue weighted by molar-refractivity contribution is 5.94. The molecular weight excluding hydrogens is 400 g/mol. The predicted octanol–water partition coefficient (Wildman–Crippen LogP) is 3.97. The Morgan fingerprint density at radius 3 is 2.06 bits per heavy atom. The number of amides is 1. The predicted molar refractivity (Wildman–Crippen MR) is 127 cm³/mol. The van der Waals surface area contributed by atoms with Crippen LogP contribution in [0.25, 0.3) is 5.69 Å². The number of hydrogen-bond donors (Lipinski definition) is 0. The molecule has 1 amide bonds. The van der Waals surface area contributed by atoms with Crippen LogP contribution in [0.4, 0.5) is 5.69 Å². The van der Waals surface area contributed by atoms with Gasteiger partial charge in [-0.3, -0.25) is 9.59 Å². The monoisotopic (exact) mass is 430 g/mol. The number of aryl methyl sites for hydroxylation is 3. The van der Waals surface area contributed by atoms with Gasteiger partial charge in [-0.15, -0.1) is 0 Å². The van der Waals surface area contributed by atoms with E-state index in [1.807, 2.05) is 47.7 Å². The minimum absolute atomic E-state index is 0.0770. The number of hydrogen-bond acceptors (Lipinski definition) is 4. The first-order chi connectivity index (χ1) is 15.4. The summed E-state index contributed by atoms with van der Waals surface area (Å²) in [4.78, 5) is 28.4. The summed E-state index contributed by atoms with van der Waals surface area (Å²) in [6.45, 7) is 8.69. The molecule has 2 aromatic carbocycles. The average molecular weight is 431 g/mol. The zero-order valence-corrected chi connectivity index (χ0v) is 19.0. The van der Waals surface area contributed by atoms with Crippen LogP contribution in [-0.4, -0.2) is 52.5 Å². The molecule has 0 spiro atoms. The third kappa shape index (κ3) is 4.90. The lowest BCUT2D eigenvalue weighted by atomic mass is 10.1. The number of nitrogens with zero attached hydrogens (tertiary/aromatic N) is 4. The van der Waals surface area contributed by atoms with E-state index >= 15 is 0 Å². The van der Waals surface area contributed by atoms with Crippen LogP contribution in [0.3, 0.4) is 0 Å². The zero-order chi connectivity index (χ0) is 22.7. The molecule has 0 atom stereocenters. The summed E-state index contributed by atoms with van der Waals surface area (Å²) in [5.41, 5.74) is 6.14. The highest BCUT2D eigenvalue weighted by Crippen LogP contribution is 2.19. The summed E-state index contributed by atoms with van der Waals surface area (Å²) in [7, 11) is 0. The number of rotatable bonds is 6. The maximum atomic E-state index is 12.7. The van der Waals surface area contributed by atoms with Crippen LogP contribution in [0.5, 0.6) is 0 Å². The molecule has 3 aromatic rings. The molecule has 1 aliphatic rings. The lowest BCUT2D eigenvalue weighted by Crippen LogP contribution is -2.48. The number of Topliss-reactive ketones (excluding diaryl/α,β-unsaturated/α-hetero) is 1. The van der Waals surface area contributed by atoms with Crippen molar-refractivity contribution >= 4 is 17.4 Å². The van der Waals surface area contributed by atoms with Crippen LogP contribution < -0.4 is 4.90 Å². The highest BCUT2D eigenvalue weighted by Gasteiger charge is 2.21. The van der Waals surface area contributed by atoms with Crippen molar-refractivity contribution in [3.63, 3.8) is 0 Å².